The number of carboxylic acids is 1. The lowest BCUT2D eigenvalue weighted by Crippen LogP contribution is -2.58. The number of carbonyl (C=O) groups is 1. The zero-order valence-corrected chi connectivity index (χ0v) is 9.28. The fourth-order valence-electron chi connectivity index (χ4n) is 1.55. The molecule has 0 bridgehead atoms. The van der Waals surface area contributed by atoms with Crippen molar-refractivity contribution >= 4 is 27.4 Å². The summed E-state index contributed by atoms with van der Waals surface area (Å²) < 4.78 is 22.6. The lowest BCUT2D eigenvalue weighted by molar-refractivity contribution is -0.141. The van der Waals surface area contributed by atoms with Gasteiger partial charge in [-0.3, -0.25) is 5.73 Å². The fraction of sp³-hybridized carbons (Fsp3) is 0.125. The van der Waals surface area contributed by atoms with E-state index in [1.807, 2.05) is 0 Å². The zero-order valence-electron chi connectivity index (χ0n) is 8.47. The second-order valence-corrected chi connectivity index (χ2v) is 5.12. The van der Waals surface area contributed by atoms with Crippen LogP contribution < -0.4 is 21.5 Å². The van der Waals surface area contributed by atoms with Gasteiger partial charge < -0.3 is 15.7 Å². The molecule has 0 amide bonds. The lowest BCUT2D eigenvalue weighted by atomic mass is 10.3. The predicted octanol–water partition coefficient (Wildman–Crippen LogP) is -1.13. The van der Waals surface area contributed by atoms with Crippen molar-refractivity contribution in [1.29, 1.82) is 0 Å². The van der Waals surface area contributed by atoms with Crippen LogP contribution in [0.1, 0.15) is 0 Å². The van der Waals surface area contributed by atoms with Gasteiger partial charge in [-0.1, -0.05) is 6.07 Å². The quantitative estimate of drug-likeness (QED) is 0.450. The number of hydrogen-bond donors (Lipinski definition) is 5. The van der Waals surface area contributed by atoms with Gasteiger partial charge in [-0.2, -0.15) is 0 Å². The molecule has 0 fully saturated rings. The molecule has 1 aliphatic heterocycles. The summed E-state index contributed by atoms with van der Waals surface area (Å²) in [5.41, 5.74) is 5.83. The second-order valence-electron chi connectivity index (χ2n) is 3.59. The van der Waals surface area contributed by atoms with E-state index in [1.165, 1.54) is 18.2 Å². The number of nitrogens with one attached hydrogen (secondary N) is 2. The molecule has 0 aromatic heterocycles. The standard InChI is InChI=1S/C8H10N4O4S/c9-8(7(13)14)11-4-2-1-3-5(6(4)12-8)17(10,15)16/h1-3,11-12H,9H2,(H,13,14)(H2,10,15,16). The molecule has 0 saturated carbocycles. The van der Waals surface area contributed by atoms with E-state index in [2.05, 4.69) is 10.6 Å². The van der Waals surface area contributed by atoms with Gasteiger partial charge in [-0.15, -0.1) is 0 Å². The summed E-state index contributed by atoms with van der Waals surface area (Å²) in [6, 6.07) is 4.19. The molecule has 9 heteroatoms. The predicted molar refractivity (Wildman–Crippen MR) is 59.6 cm³/mol. The van der Waals surface area contributed by atoms with E-state index in [4.69, 9.17) is 16.0 Å². The van der Waals surface area contributed by atoms with E-state index >= 15 is 0 Å². The lowest BCUT2D eigenvalue weighted by Gasteiger charge is -2.19. The van der Waals surface area contributed by atoms with Crippen LogP contribution in [0.4, 0.5) is 11.4 Å². The van der Waals surface area contributed by atoms with E-state index < -0.39 is 21.8 Å². The zero-order chi connectivity index (χ0) is 12.8. The third kappa shape index (κ3) is 1.79. The van der Waals surface area contributed by atoms with Gasteiger partial charge in [0.2, 0.25) is 10.0 Å². The molecule has 1 aliphatic rings. The Morgan fingerprint density at radius 2 is 2.00 bits per heavy atom. The number of benzene rings is 1. The third-order valence-electron chi connectivity index (χ3n) is 2.32. The van der Waals surface area contributed by atoms with Gasteiger partial charge >= 0.3 is 5.97 Å². The molecule has 0 spiro atoms. The Kier molecular flexibility index (Phi) is 2.28. The van der Waals surface area contributed by atoms with Crippen molar-refractivity contribution in [2.75, 3.05) is 10.6 Å². The summed E-state index contributed by atoms with van der Waals surface area (Å²) in [4.78, 5) is 10.7. The van der Waals surface area contributed by atoms with Gasteiger partial charge in [0.05, 0.1) is 11.4 Å². The maximum atomic E-state index is 11.3. The Morgan fingerprint density at radius 3 is 2.53 bits per heavy atom. The number of primary sulfonamides is 1. The Bertz CT molecular complexity index is 600. The molecule has 7 N–H and O–H groups in total. The number of para-hydroxylation sites is 1. The first-order chi connectivity index (χ1) is 7.74. The van der Waals surface area contributed by atoms with E-state index in [-0.39, 0.29) is 16.3 Å². The first-order valence-electron chi connectivity index (χ1n) is 4.48. The second kappa shape index (κ2) is 3.32. The van der Waals surface area contributed by atoms with Crippen LogP contribution in [0.15, 0.2) is 23.1 Å². The van der Waals surface area contributed by atoms with Crippen LogP contribution in [0.5, 0.6) is 0 Å². The van der Waals surface area contributed by atoms with Gasteiger partial charge in [0.15, 0.2) is 0 Å². The highest BCUT2D eigenvalue weighted by atomic mass is 32.2. The molecule has 0 radical (unpaired) electrons. The van der Waals surface area contributed by atoms with E-state index in [9.17, 15) is 13.2 Å². The Labute approximate surface area is 96.7 Å². The van der Waals surface area contributed by atoms with Crippen molar-refractivity contribution in [3.05, 3.63) is 18.2 Å². The highest BCUT2D eigenvalue weighted by Gasteiger charge is 2.41. The maximum Gasteiger partial charge on any atom is 0.366 e. The first kappa shape index (κ1) is 11.6. The molecule has 92 valence electrons. The SMILES string of the molecule is NC1(C(=O)O)Nc2cccc(S(N)(=O)=O)c2N1. The average molecular weight is 258 g/mol. The summed E-state index contributed by atoms with van der Waals surface area (Å²) in [6.07, 6.45) is 0. The molecular weight excluding hydrogens is 248 g/mol. The molecule has 8 nitrogen and oxygen atoms in total. The number of fused-ring (bicyclic) bond motifs is 1. The van der Waals surface area contributed by atoms with Crippen molar-refractivity contribution in [1.82, 2.24) is 0 Å². The number of sulfonamides is 1. The van der Waals surface area contributed by atoms with Gasteiger partial charge in [-0.05, 0) is 12.1 Å². The van der Waals surface area contributed by atoms with Crippen LogP contribution in [-0.4, -0.2) is 25.3 Å². The summed E-state index contributed by atoms with van der Waals surface area (Å²) in [5, 5.41) is 18.8. The number of anilines is 2. The van der Waals surface area contributed by atoms with Gasteiger partial charge in [0.1, 0.15) is 4.90 Å². The average Bonchev–Trinajstić information content (AvgIpc) is 2.53. The van der Waals surface area contributed by atoms with Crippen LogP contribution in [0.25, 0.3) is 0 Å². The van der Waals surface area contributed by atoms with Crippen molar-refractivity contribution in [3.8, 4) is 0 Å². The number of rotatable bonds is 2. The normalized spacial score (nSPS) is 22.5. The minimum absolute atomic E-state index is 0.0555. The number of hydrogen-bond acceptors (Lipinski definition) is 6. The molecular formula is C8H10N4O4S. The molecule has 1 unspecified atom stereocenters. The molecule has 2 rings (SSSR count). The first-order valence-corrected chi connectivity index (χ1v) is 6.03. The van der Waals surface area contributed by atoms with Gasteiger partial charge in [0, 0.05) is 0 Å². The maximum absolute atomic E-state index is 11.3. The van der Waals surface area contributed by atoms with Crippen LogP contribution in [0.3, 0.4) is 0 Å². The van der Waals surface area contributed by atoms with Crippen molar-refractivity contribution in [3.63, 3.8) is 0 Å². The van der Waals surface area contributed by atoms with Crippen LogP contribution in [0, 0.1) is 0 Å². The Morgan fingerprint density at radius 1 is 1.35 bits per heavy atom. The third-order valence-corrected chi connectivity index (χ3v) is 3.28. The van der Waals surface area contributed by atoms with Crippen molar-refractivity contribution in [2.24, 2.45) is 10.9 Å². The van der Waals surface area contributed by atoms with Crippen molar-refractivity contribution < 1.29 is 18.3 Å². The highest BCUT2D eigenvalue weighted by molar-refractivity contribution is 7.89. The molecule has 1 aromatic carbocycles. The largest absolute Gasteiger partial charge is 0.477 e. The van der Waals surface area contributed by atoms with Gasteiger partial charge in [0.25, 0.3) is 5.79 Å². The molecule has 17 heavy (non-hydrogen) atoms. The van der Waals surface area contributed by atoms with Crippen LogP contribution in [0.2, 0.25) is 0 Å². The minimum atomic E-state index is -3.95. The Hall–Kier alpha value is -1.84. The van der Waals surface area contributed by atoms with E-state index in [0.29, 0.717) is 0 Å². The molecule has 1 atom stereocenters. The van der Waals surface area contributed by atoms with Gasteiger partial charge in [-0.25, -0.2) is 18.4 Å². The van der Waals surface area contributed by atoms with Crippen LogP contribution >= 0.6 is 0 Å². The van der Waals surface area contributed by atoms with E-state index in [0.717, 1.165) is 0 Å². The number of aliphatic carboxylic acids is 1. The molecule has 0 saturated heterocycles. The highest BCUT2D eigenvalue weighted by Crippen LogP contribution is 2.36. The smallest absolute Gasteiger partial charge is 0.366 e. The summed E-state index contributed by atoms with van der Waals surface area (Å²) >= 11 is 0. The monoisotopic (exact) mass is 258 g/mol. The van der Waals surface area contributed by atoms with Crippen LogP contribution in [-0.2, 0) is 14.8 Å². The topological polar surface area (TPSA) is 148 Å². The minimum Gasteiger partial charge on any atom is -0.477 e. The molecule has 1 aromatic rings. The van der Waals surface area contributed by atoms with E-state index in [1.54, 1.807) is 0 Å². The molecule has 0 aliphatic carbocycles. The number of nitrogens with two attached hydrogens (primary N) is 2. The summed E-state index contributed by atoms with van der Waals surface area (Å²) in [6.45, 7) is 0. The molecule has 1 heterocycles. The fourth-order valence-corrected chi connectivity index (χ4v) is 2.26. The number of carboxylic acid groups (broad SMARTS) is 1. The summed E-state index contributed by atoms with van der Waals surface area (Å²) in [7, 11) is -3.95. The Balaban J connectivity index is 2.57. The van der Waals surface area contributed by atoms with Crippen molar-refractivity contribution in [2.45, 2.75) is 10.7 Å². The summed E-state index contributed by atoms with van der Waals surface area (Å²) in [5.74, 6) is -3.31.